The van der Waals surface area contributed by atoms with E-state index in [2.05, 4.69) is 24.1 Å². The van der Waals surface area contributed by atoms with E-state index in [1.54, 1.807) is 23.5 Å². The number of para-hydroxylation sites is 1. The Kier molecular flexibility index (Phi) is 6.86. The Bertz CT molecular complexity index is 1020. The van der Waals surface area contributed by atoms with Gasteiger partial charge in [-0.25, -0.2) is 9.78 Å². The zero-order chi connectivity index (χ0) is 23.5. The number of ether oxygens (including phenoxy) is 2. The molecule has 1 aliphatic rings. The lowest BCUT2D eigenvalue weighted by atomic mass is 9.93. The molecule has 0 fully saturated rings. The van der Waals surface area contributed by atoms with Gasteiger partial charge in [0.15, 0.2) is 5.69 Å². The molecule has 0 saturated heterocycles. The number of benzene rings is 1. The van der Waals surface area contributed by atoms with E-state index in [0.717, 1.165) is 5.56 Å². The summed E-state index contributed by atoms with van der Waals surface area (Å²) in [6, 6.07) is 7.43. The molecule has 2 aromatic rings. The minimum absolute atomic E-state index is 0.0384. The molecule has 1 aliphatic heterocycles. The maximum Gasteiger partial charge on any atom is 0.359 e. The van der Waals surface area contributed by atoms with Gasteiger partial charge in [0.05, 0.1) is 27.1 Å². The Morgan fingerprint density at radius 1 is 1.25 bits per heavy atom. The highest BCUT2D eigenvalue weighted by molar-refractivity contribution is 6.06. The number of amides is 2. The van der Waals surface area contributed by atoms with Gasteiger partial charge in [0, 0.05) is 18.7 Å². The number of imidazole rings is 1. The number of hydrogen-bond acceptors (Lipinski definition) is 6. The number of fused-ring (bicyclic) bond motifs is 1. The number of hydrogen-bond donors (Lipinski definition) is 1. The zero-order valence-electron chi connectivity index (χ0n) is 19.2. The van der Waals surface area contributed by atoms with E-state index in [4.69, 9.17) is 9.47 Å². The number of carbonyl (C=O) groups is 3. The van der Waals surface area contributed by atoms with Crippen LogP contribution in [0.2, 0.25) is 0 Å². The summed E-state index contributed by atoms with van der Waals surface area (Å²) in [5.74, 6) is -0.381. The molecule has 9 nitrogen and oxygen atoms in total. The van der Waals surface area contributed by atoms with E-state index >= 15 is 0 Å². The maximum absolute atomic E-state index is 13.5. The number of rotatable bonds is 8. The summed E-state index contributed by atoms with van der Waals surface area (Å²) in [6.07, 6.45) is 2.12. The van der Waals surface area contributed by atoms with Crippen LogP contribution in [0.25, 0.3) is 0 Å². The minimum atomic E-state index is -1.16. The second kappa shape index (κ2) is 9.42. The summed E-state index contributed by atoms with van der Waals surface area (Å²) in [6.45, 7) is 6.66. The molecular formula is C23H30N4O5. The first-order chi connectivity index (χ1) is 15.2. The monoisotopic (exact) mass is 442 g/mol. The highest BCUT2D eigenvalue weighted by atomic mass is 16.5. The van der Waals surface area contributed by atoms with Gasteiger partial charge in [0.1, 0.15) is 17.0 Å². The molecule has 1 unspecified atom stereocenters. The standard InChI is InChI=1S/C23H30N4O5/c1-15(2)10-11-27-20(28)19-18(21(29)32-5)25-14-26(19)13-23(27,3)22(30)24-12-16-8-6-7-9-17(16)31-4/h6-9,14-15H,10-13H2,1-5H3,(H,24,30). The van der Waals surface area contributed by atoms with Gasteiger partial charge in [-0.15, -0.1) is 0 Å². The van der Waals surface area contributed by atoms with Gasteiger partial charge < -0.3 is 24.3 Å². The molecule has 0 spiro atoms. The van der Waals surface area contributed by atoms with Crippen molar-refractivity contribution in [3.8, 4) is 5.75 Å². The summed E-state index contributed by atoms with van der Waals surface area (Å²) in [5, 5.41) is 2.96. The third kappa shape index (κ3) is 4.32. The second-order valence-electron chi connectivity index (χ2n) is 8.47. The van der Waals surface area contributed by atoms with Gasteiger partial charge in [-0.3, -0.25) is 9.59 Å². The van der Waals surface area contributed by atoms with Crippen molar-refractivity contribution in [1.82, 2.24) is 19.8 Å². The topological polar surface area (TPSA) is 103 Å². The lowest BCUT2D eigenvalue weighted by Gasteiger charge is -2.44. The first-order valence-corrected chi connectivity index (χ1v) is 10.6. The maximum atomic E-state index is 13.5. The van der Waals surface area contributed by atoms with Crippen LogP contribution in [0.15, 0.2) is 30.6 Å². The first kappa shape index (κ1) is 23.3. The Labute approximate surface area is 187 Å². The molecule has 0 aliphatic carbocycles. The van der Waals surface area contributed by atoms with Crippen molar-refractivity contribution >= 4 is 17.8 Å². The Morgan fingerprint density at radius 2 is 1.97 bits per heavy atom. The van der Waals surface area contributed by atoms with Crippen molar-refractivity contribution < 1.29 is 23.9 Å². The van der Waals surface area contributed by atoms with Crippen molar-refractivity contribution in [2.45, 2.75) is 45.8 Å². The quantitative estimate of drug-likeness (QED) is 0.629. The third-order valence-corrected chi connectivity index (χ3v) is 5.79. The van der Waals surface area contributed by atoms with E-state index in [1.807, 2.05) is 24.3 Å². The highest BCUT2D eigenvalue weighted by Gasteiger charge is 2.48. The third-order valence-electron chi connectivity index (χ3n) is 5.79. The van der Waals surface area contributed by atoms with E-state index < -0.39 is 17.4 Å². The van der Waals surface area contributed by atoms with Crippen LogP contribution < -0.4 is 10.1 Å². The fraction of sp³-hybridized carbons (Fsp3) is 0.478. The smallest absolute Gasteiger partial charge is 0.359 e. The molecule has 1 atom stereocenters. The average Bonchev–Trinajstić information content (AvgIpc) is 3.20. The largest absolute Gasteiger partial charge is 0.496 e. The van der Waals surface area contributed by atoms with Crippen LogP contribution in [0.4, 0.5) is 0 Å². The first-order valence-electron chi connectivity index (χ1n) is 10.6. The molecule has 32 heavy (non-hydrogen) atoms. The molecule has 172 valence electrons. The van der Waals surface area contributed by atoms with Gasteiger partial charge in [0.2, 0.25) is 5.91 Å². The molecule has 2 amide bonds. The summed E-state index contributed by atoms with van der Waals surface area (Å²) >= 11 is 0. The molecule has 1 N–H and O–H groups in total. The zero-order valence-corrected chi connectivity index (χ0v) is 19.2. The van der Waals surface area contributed by atoms with E-state index in [-0.39, 0.29) is 30.4 Å². The van der Waals surface area contributed by atoms with Gasteiger partial charge >= 0.3 is 5.97 Å². The predicted molar refractivity (Wildman–Crippen MR) is 117 cm³/mol. The van der Waals surface area contributed by atoms with Crippen LogP contribution in [0, 0.1) is 5.92 Å². The van der Waals surface area contributed by atoms with Crippen LogP contribution in [0.3, 0.4) is 0 Å². The van der Waals surface area contributed by atoms with Crippen LogP contribution in [-0.4, -0.2) is 58.5 Å². The van der Waals surface area contributed by atoms with Crippen molar-refractivity contribution in [2.75, 3.05) is 20.8 Å². The van der Waals surface area contributed by atoms with Crippen LogP contribution >= 0.6 is 0 Å². The van der Waals surface area contributed by atoms with Gasteiger partial charge in [-0.2, -0.15) is 0 Å². The van der Waals surface area contributed by atoms with Crippen molar-refractivity contribution in [3.63, 3.8) is 0 Å². The normalized spacial score (nSPS) is 17.8. The van der Waals surface area contributed by atoms with E-state index in [0.29, 0.717) is 24.6 Å². The van der Waals surface area contributed by atoms with Gasteiger partial charge in [0.25, 0.3) is 5.91 Å². The summed E-state index contributed by atoms with van der Waals surface area (Å²) in [4.78, 5) is 44.7. The highest BCUT2D eigenvalue weighted by Crippen LogP contribution is 2.30. The number of nitrogens with one attached hydrogen (secondary N) is 1. The Hall–Kier alpha value is -3.36. The number of nitrogens with zero attached hydrogens (tertiary/aromatic N) is 3. The van der Waals surface area contributed by atoms with Gasteiger partial charge in [-0.05, 0) is 25.3 Å². The van der Waals surface area contributed by atoms with E-state index in [1.165, 1.54) is 13.4 Å². The molecule has 0 saturated carbocycles. The average molecular weight is 443 g/mol. The number of methoxy groups -OCH3 is 2. The predicted octanol–water partition coefficient (Wildman–Crippen LogP) is 2.26. The van der Waals surface area contributed by atoms with Crippen molar-refractivity contribution in [2.24, 2.45) is 5.92 Å². The summed E-state index contributed by atoms with van der Waals surface area (Å²) in [5.41, 5.74) is -0.215. The Balaban J connectivity index is 1.92. The van der Waals surface area contributed by atoms with Crippen LogP contribution in [-0.2, 0) is 22.6 Å². The lowest BCUT2D eigenvalue weighted by molar-refractivity contribution is -0.133. The van der Waals surface area contributed by atoms with Gasteiger partial charge in [-0.1, -0.05) is 32.0 Å². The van der Waals surface area contributed by atoms with Crippen molar-refractivity contribution in [1.29, 1.82) is 0 Å². The summed E-state index contributed by atoms with van der Waals surface area (Å²) < 4.78 is 11.7. The molecule has 1 aromatic carbocycles. The molecule has 0 radical (unpaired) electrons. The molecule has 1 aromatic heterocycles. The second-order valence-corrected chi connectivity index (χ2v) is 8.47. The SMILES string of the molecule is COC(=O)c1ncn2c1C(=O)N(CCC(C)C)C(C)(C(=O)NCc1ccccc1OC)C2. The molecule has 0 bridgehead atoms. The van der Waals surface area contributed by atoms with Crippen LogP contribution in [0.5, 0.6) is 5.75 Å². The fourth-order valence-electron chi connectivity index (χ4n) is 3.89. The lowest BCUT2D eigenvalue weighted by Crippen LogP contribution is -2.64. The Morgan fingerprint density at radius 3 is 2.62 bits per heavy atom. The van der Waals surface area contributed by atoms with E-state index in [9.17, 15) is 14.4 Å². The minimum Gasteiger partial charge on any atom is -0.496 e. The summed E-state index contributed by atoms with van der Waals surface area (Å²) in [7, 11) is 2.82. The number of carbonyl (C=O) groups excluding carboxylic acids is 3. The van der Waals surface area contributed by atoms with Crippen molar-refractivity contribution in [3.05, 3.63) is 47.5 Å². The molecule has 3 rings (SSSR count). The molecule has 2 heterocycles. The fourth-order valence-corrected chi connectivity index (χ4v) is 3.89. The number of aromatic nitrogens is 2. The molecule has 9 heteroatoms. The number of esters is 1. The molecular weight excluding hydrogens is 412 g/mol. The van der Waals surface area contributed by atoms with Crippen LogP contribution in [0.1, 0.15) is 53.7 Å².